The minimum absolute atomic E-state index is 0.253. The molecule has 4 heterocycles. The lowest BCUT2D eigenvalue weighted by Gasteiger charge is -2.32. The van der Waals surface area contributed by atoms with Gasteiger partial charge in [0.25, 0.3) is 0 Å². The lowest BCUT2D eigenvalue weighted by atomic mass is 9.88. The van der Waals surface area contributed by atoms with E-state index < -0.39 is 10.0 Å². The molecule has 0 saturated carbocycles. The summed E-state index contributed by atoms with van der Waals surface area (Å²) in [6.45, 7) is 4.80. The van der Waals surface area contributed by atoms with E-state index in [1.807, 2.05) is 6.07 Å². The van der Waals surface area contributed by atoms with Gasteiger partial charge in [0, 0.05) is 50.7 Å². The first-order valence-electron chi connectivity index (χ1n) is 13.3. The lowest BCUT2D eigenvalue weighted by Crippen LogP contribution is -2.47. The fourth-order valence-electron chi connectivity index (χ4n) is 5.28. The molecule has 0 aliphatic carbocycles. The largest absolute Gasteiger partial charge is 0.396 e. The number of hydrogen-bond donors (Lipinski definition) is 2. The number of pyridine rings is 1. The van der Waals surface area contributed by atoms with Crippen LogP contribution in [0.3, 0.4) is 0 Å². The first kappa shape index (κ1) is 26.9. The number of sulfonamides is 1. The fraction of sp³-hybridized carbons (Fsp3) is 0.519. The van der Waals surface area contributed by atoms with Gasteiger partial charge >= 0.3 is 0 Å². The number of benzene rings is 1. The molecule has 2 N–H and O–H groups in total. The van der Waals surface area contributed by atoms with Crippen molar-refractivity contribution >= 4 is 26.9 Å². The monoisotopic (exact) mass is 540 g/mol. The number of nitrogens with one attached hydrogen (secondary N) is 1. The predicted molar refractivity (Wildman–Crippen MR) is 148 cm³/mol. The molecule has 10 nitrogen and oxygen atoms in total. The van der Waals surface area contributed by atoms with Crippen molar-refractivity contribution in [2.75, 3.05) is 64.1 Å². The second-order valence-electron chi connectivity index (χ2n) is 10.1. The molecule has 11 heteroatoms. The quantitative estimate of drug-likeness (QED) is 0.421. The van der Waals surface area contributed by atoms with Gasteiger partial charge in [-0.1, -0.05) is 24.3 Å². The Bertz CT molecular complexity index is 1330. The fourth-order valence-corrected chi connectivity index (χ4v) is 6.12. The number of likely N-dealkylation sites (tertiary alicyclic amines) is 1. The van der Waals surface area contributed by atoms with Crippen LogP contribution >= 0.6 is 0 Å². The molecular formula is C27H36N6O4S. The van der Waals surface area contributed by atoms with E-state index in [1.165, 1.54) is 16.1 Å². The van der Waals surface area contributed by atoms with Crippen molar-refractivity contribution in [1.82, 2.24) is 24.2 Å². The summed E-state index contributed by atoms with van der Waals surface area (Å²) in [7, 11) is -3.26. The highest BCUT2D eigenvalue weighted by atomic mass is 32.2. The number of piperidine rings is 1. The second kappa shape index (κ2) is 12.0. The molecule has 38 heavy (non-hydrogen) atoms. The third kappa shape index (κ3) is 6.47. The van der Waals surface area contributed by atoms with Gasteiger partial charge in [0.1, 0.15) is 5.52 Å². The van der Waals surface area contributed by atoms with Gasteiger partial charge in [-0.05, 0) is 49.9 Å². The molecule has 0 bridgehead atoms. The molecule has 1 unspecified atom stereocenters. The number of rotatable bonds is 9. The van der Waals surface area contributed by atoms with E-state index in [0.29, 0.717) is 43.5 Å². The summed E-state index contributed by atoms with van der Waals surface area (Å²) in [5.41, 5.74) is 4.55. The highest BCUT2D eigenvalue weighted by molar-refractivity contribution is 7.88. The van der Waals surface area contributed by atoms with Crippen molar-refractivity contribution in [2.45, 2.75) is 31.3 Å². The SMILES string of the molecule is CS(=O)(=O)N1CCOC(CNc2nc(-c3ccc(C4CCN(CCCO)CC4)cc3)cc3nccnc23)C1. The van der Waals surface area contributed by atoms with Gasteiger partial charge in [-0.15, -0.1) is 0 Å². The lowest BCUT2D eigenvalue weighted by molar-refractivity contribution is 0.00702. The van der Waals surface area contributed by atoms with Crippen LogP contribution in [0.15, 0.2) is 42.7 Å². The maximum Gasteiger partial charge on any atom is 0.211 e. The number of aromatic nitrogens is 3. The summed E-state index contributed by atoms with van der Waals surface area (Å²) in [5.74, 6) is 1.15. The summed E-state index contributed by atoms with van der Waals surface area (Å²) in [6.07, 6.45) is 7.34. The maximum absolute atomic E-state index is 12.0. The van der Waals surface area contributed by atoms with Gasteiger partial charge in [-0.25, -0.2) is 18.4 Å². The Morgan fingerprint density at radius 1 is 1.11 bits per heavy atom. The van der Waals surface area contributed by atoms with E-state index in [0.717, 1.165) is 55.7 Å². The minimum Gasteiger partial charge on any atom is -0.396 e. The van der Waals surface area contributed by atoms with Crippen LogP contribution < -0.4 is 5.32 Å². The molecule has 0 radical (unpaired) electrons. The summed E-state index contributed by atoms with van der Waals surface area (Å²) in [6, 6.07) is 10.6. The number of nitrogens with zero attached hydrogens (tertiary/aromatic N) is 5. The highest BCUT2D eigenvalue weighted by Gasteiger charge is 2.27. The van der Waals surface area contributed by atoms with E-state index in [1.54, 1.807) is 12.4 Å². The maximum atomic E-state index is 12.0. The van der Waals surface area contributed by atoms with Gasteiger partial charge in [0.2, 0.25) is 10.0 Å². The zero-order chi connectivity index (χ0) is 26.5. The average molecular weight is 541 g/mol. The van der Waals surface area contributed by atoms with Crippen LogP contribution in [0.4, 0.5) is 5.82 Å². The van der Waals surface area contributed by atoms with Crippen LogP contribution in [0, 0.1) is 0 Å². The molecule has 2 saturated heterocycles. The summed E-state index contributed by atoms with van der Waals surface area (Å²) < 4.78 is 31.2. The average Bonchev–Trinajstić information content (AvgIpc) is 2.95. The first-order chi connectivity index (χ1) is 18.4. The number of fused-ring (bicyclic) bond motifs is 1. The van der Waals surface area contributed by atoms with Crippen molar-refractivity contribution in [1.29, 1.82) is 0 Å². The third-order valence-corrected chi connectivity index (χ3v) is 8.69. The molecule has 1 atom stereocenters. The van der Waals surface area contributed by atoms with Crippen molar-refractivity contribution in [3.63, 3.8) is 0 Å². The van der Waals surface area contributed by atoms with E-state index in [2.05, 4.69) is 44.5 Å². The molecule has 0 spiro atoms. The predicted octanol–water partition coefficient (Wildman–Crippen LogP) is 2.33. The minimum atomic E-state index is -3.26. The van der Waals surface area contributed by atoms with Crippen LogP contribution in [-0.2, 0) is 14.8 Å². The van der Waals surface area contributed by atoms with Gasteiger partial charge in [-0.3, -0.25) is 4.98 Å². The molecule has 2 aromatic heterocycles. The van der Waals surface area contributed by atoms with Gasteiger partial charge in [0.05, 0.1) is 30.2 Å². The zero-order valence-electron chi connectivity index (χ0n) is 21.8. The smallest absolute Gasteiger partial charge is 0.211 e. The van der Waals surface area contributed by atoms with E-state index in [-0.39, 0.29) is 12.7 Å². The molecule has 2 fully saturated rings. The molecule has 2 aliphatic rings. The van der Waals surface area contributed by atoms with Gasteiger partial charge in [0.15, 0.2) is 5.82 Å². The highest BCUT2D eigenvalue weighted by Crippen LogP contribution is 2.31. The van der Waals surface area contributed by atoms with E-state index in [9.17, 15) is 8.42 Å². The standard InChI is InChI=1S/C27H36N6O4S/c1-38(35,36)33-14-16-37-23(19-33)18-30-27-26-25(28-9-10-29-26)17-24(31-27)22-5-3-20(4-6-22)21-7-12-32(13-8-21)11-2-15-34/h3-6,9-10,17,21,23,34H,2,7-8,11-16,18-19H2,1H3,(H,30,31). The Labute approximate surface area is 224 Å². The molecule has 0 amide bonds. The number of morpholine rings is 1. The Kier molecular flexibility index (Phi) is 8.49. The number of anilines is 1. The second-order valence-corrected chi connectivity index (χ2v) is 12.1. The number of ether oxygens (including phenoxy) is 1. The summed E-state index contributed by atoms with van der Waals surface area (Å²) in [5, 5.41) is 12.4. The number of hydrogen-bond acceptors (Lipinski definition) is 9. The third-order valence-electron chi connectivity index (χ3n) is 7.42. The van der Waals surface area contributed by atoms with Crippen molar-refractivity contribution < 1.29 is 18.3 Å². The Hall–Kier alpha value is -2.70. The normalized spacial score (nSPS) is 20.1. The first-order valence-corrected chi connectivity index (χ1v) is 15.1. The van der Waals surface area contributed by atoms with Crippen LogP contribution in [0.5, 0.6) is 0 Å². The number of aliphatic hydroxyl groups excluding tert-OH is 1. The molecule has 1 aromatic carbocycles. The van der Waals surface area contributed by atoms with Crippen molar-refractivity contribution in [3.8, 4) is 11.3 Å². The molecule has 204 valence electrons. The summed E-state index contributed by atoms with van der Waals surface area (Å²) in [4.78, 5) is 16.3. The Morgan fingerprint density at radius 2 is 1.87 bits per heavy atom. The molecule has 2 aliphatic heterocycles. The topological polar surface area (TPSA) is 121 Å². The van der Waals surface area contributed by atoms with Crippen LogP contribution in [-0.4, -0.2) is 103 Å². The Morgan fingerprint density at radius 3 is 2.61 bits per heavy atom. The molecular weight excluding hydrogens is 504 g/mol. The van der Waals surface area contributed by atoms with E-state index in [4.69, 9.17) is 14.8 Å². The van der Waals surface area contributed by atoms with Gasteiger partial charge < -0.3 is 20.1 Å². The van der Waals surface area contributed by atoms with Crippen LogP contribution in [0.1, 0.15) is 30.7 Å². The van der Waals surface area contributed by atoms with Crippen LogP contribution in [0.2, 0.25) is 0 Å². The van der Waals surface area contributed by atoms with Crippen molar-refractivity contribution in [2.24, 2.45) is 0 Å². The Balaban J connectivity index is 1.30. The van der Waals surface area contributed by atoms with Gasteiger partial charge in [-0.2, -0.15) is 4.31 Å². The number of aliphatic hydroxyl groups is 1. The van der Waals surface area contributed by atoms with Crippen molar-refractivity contribution in [3.05, 3.63) is 48.3 Å². The zero-order valence-corrected chi connectivity index (χ0v) is 22.6. The van der Waals surface area contributed by atoms with E-state index >= 15 is 0 Å². The molecule has 5 rings (SSSR count). The van der Waals surface area contributed by atoms with Crippen LogP contribution in [0.25, 0.3) is 22.3 Å². The molecule has 3 aromatic rings. The summed E-state index contributed by atoms with van der Waals surface area (Å²) >= 11 is 0.